The summed E-state index contributed by atoms with van der Waals surface area (Å²) in [6.07, 6.45) is 5.22. The molecule has 3 aliphatic heterocycles. The van der Waals surface area contributed by atoms with E-state index in [1.54, 1.807) is 18.2 Å². The molecule has 2 aromatic rings. The van der Waals surface area contributed by atoms with Gasteiger partial charge in [-0.05, 0) is 120 Å². The van der Waals surface area contributed by atoms with E-state index in [1.165, 1.54) is 19.2 Å². The maximum absolute atomic E-state index is 15.2. The number of methoxy groups -OCH3 is 1. The number of hydrogen-bond acceptors (Lipinski definition) is 9. The Balaban J connectivity index is 1.21. The van der Waals surface area contributed by atoms with Crippen LogP contribution in [0.1, 0.15) is 68.6 Å². The average molecular weight is 723 g/mol. The van der Waals surface area contributed by atoms with Crippen LogP contribution >= 0.6 is 0 Å². The first-order chi connectivity index (χ1) is 24.7. The molecule has 3 N–H and O–H groups in total. The molecule has 1 amide bonds. The van der Waals surface area contributed by atoms with Crippen LogP contribution in [0.2, 0.25) is 0 Å². The Morgan fingerprint density at radius 3 is 2.40 bits per heavy atom. The van der Waals surface area contributed by atoms with Crippen molar-refractivity contribution in [1.29, 1.82) is 5.26 Å². The highest BCUT2D eigenvalue weighted by Gasteiger charge is 2.53. The Morgan fingerprint density at radius 1 is 1.06 bits per heavy atom. The maximum Gasteiger partial charge on any atom is 0.407 e. The molecule has 2 aromatic carbocycles. The van der Waals surface area contributed by atoms with Crippen molar-refractivity contribution in [3.05, 3.63) is 64.7 Å². The van der Waals surface area contributed by atoms with E-state index >= 15 is 8.78 Å². The van der Waals surface area contributed by atoms with Gasteiger partial charge in [-0.1, -0.05) is 18.6 Å². The monoisotopic (exact) mass is 722 g/mol. The van der Waals surface area contributed by atoms with E-state index < -0.39 is 28.5 Å². The second-order valence-electron chi connectivity index (χ2n) is 16.5. The SMILES string of the molecule is COC(=O)N[C@H]1CCC[C@@H]1[C@](CN1CCC(C)(O)CC1)(c1cccc(F)c1)C1CCN(CC2(O)CN(c3cc(CN(C)C)c(C#N)cc3F)C2)CC1. The van der Waals surface area contributed by atoms with Gasteiger partial charge in [-0.2, -0.15) is 5.26 Å². The molecule has 52 heavy (non-hydrogen) atoms. The summed E-state index contributed by atoms with van der Waals surface area (Å²) in [7, 11) is 5.19. The zero-order chi connectivity index (χ0) is 37.3. The van der Waals surface area contributed by atoms with E-state index in [1.807, 2.05) is 30.8 Å². The third-order valence-corrected chi connectivity index (χ3v) is 12.4. The Labute approximate surface area is 307 Å². The number of nitrogens with zero attached hydrogens (tertiary/aromatic N) is 5. The van der Waals surface area contributed by atoms with Crippen molar-refractivity contribution in [3.8, 4) is 6.07 Å². The number of hydrogen-bond donors (Lipinski definition) is 3. The minimum Gasteiger partial charge on any atom is -0.453 e. The van der Waals surface area contributed by atoms with Gasteiger partial charge in [-0.15, -0.1) is 0 Å². The molecule has 1 aliphatic carbocycles. The van der Waals surface area contributed by atoms with Crippen LogP contribution in [0.3, 0.4) is 0 Å². The van der Waals surface area contributed by atoms with Gasteiger partial charge in [-0.25, -0.2) is 13.6 Å². The molecule has 10 nitrogen and oxygen atoms in total. The Morgan fingerprint density at radius 2 is 1.77 bits per heavy atom. The molecule has 0 aromatic heterocycles. The highest BCUT2D eigenvalue weighted by Crippen LogP contribution is 2.51. The van der Waals surface area contributed by atoms with Crippen molar-refractivity contribution >= 4 is 11.8 Å². The number of halogens is 2. The number of piperidine rings is 2. The Bertz CT molecular complexity index is 1610. The lowest BCUT2D eigenvalue weighted by molar-refractivity contribution is -0.0419. The quantitative estimate of drug-likeness (QED) is 0.309. The Hall–Kier alpha value is -3.34. The number of β-amino-alcohol motifs (C(OH)–C–C–N with tert-alkyl or cyclic N) is 1. The van der Waals surface area contributed by atoms with Crippen LogP contribution in [0.4, 0.5) is 19.3 Å². The van der Waals surface area contributed by atoms with Gasteiger partial charge in [0.25, 0.3) is 0 Å². The number of carbonyl (C=O) groups is 1. The van der Waals surface area contributed by atoms with Crippen LogP contribution < -0.4 is 10.2 Å². The number of nitriles is 1. The molecular weight excluding hydrogens is 666 g/mol. The predicted octanol–water partition coefficient (Wildman–Crippen LogP) is 4.47. The van der Waals surface area contributed by atoms with E-state index in [9.17, 15) is 20.3 Å². The van der Waals surface area contributed by atoms with E-state index in [0.717, 1.165) is 69.4 Å². The van der Waals surface area contributed by atoms with Crippen LogP contribution in [0.15, 0.2) is 36.4 Å². The van der Waals surface area contributed by atoms with Crippen LogP contribution in [0.5, 0.6) is 0 Å². The molecule has 3 heterocycles. The van der Waals surface area contributed by atoms with E-state index in [0.29, 0.717) is 56.8 Å². The molecule has 0 unspecified atom stereocenters. The maximum atomic E-state index is 15.2. The number of nitrogens with one attached hydrogen (secondary N) is 1. The largest absolute Gasteiger partial charge is 0.453 e. The number of anilines is 1. The molecule has 284 valence electrons. The molecule has 0 spiro atoms. The number of alkyl carbamates (subject to hydrolysis) is 1. The van der Waals surface area contributed by atoms with Crippen molar-refractivity contribution in [2.75, 3.05) is 78.5 Å². The molecule has 1 saturated carbocycles. The second-order valence-corrected chi connectivity index (χ2v) is 16.5. The van der Waals surface area contributed by atoms with Gasteiger partial charge in [0, 0.05) is 57.3 Å². The summed E-state index contributed by atoms with van der Waals surface area (Å²) >= 11 is 0. The third kappa shape index (κ3) is 8.24. The standard InChI is InChI=1S/C40H56F2N6O4/c1-38(50)13-17-47(18-14-38)27-40(31-7-5-8-32(41)21-31,33-9-6-10-35(33)44-37(49)52-4)30-11-15-46(16-12-30)24-39(51)25-48(26-39)36-20-29(23-45(2)3)28(22-43)19-34(36)42/h5,7-8,19-21,30,33,35,50-51H,6,9-18,23-27H2,1-4H3,(H,44,49)/t33-,35-,40-/m0/s1. The number of likely N-dealkylation sites (tertiary alicyclic amines) is 2. The van der Waals surface area contributed by atoms with E-state index in [-0.39, 0.29) is 23.7 Å². The van der Waals surface area contributed by atoms with Crippen LogP contribution in [0, 0.1) is 34.8 Å². The van der Waals surface area contributed by atoms with E-state index in [4.69, 9.17) is 4.74 Å². The fraction of sp³-hybridized carbons (Fsp3) is 0.650. The first-order valence-electron chi connectivity index (χ1n) is 18.9. The van der Waals surface area contributed by atoms with Crippen molar-refractivity contribution < 1.29 is 28.5 Å². The zero-order valence-corrected chi connectivity index (χ0v) is 31.2. The molecule has 12 heteroatoms. The molecule has 0 bridgehead atoms. The van der Waals surface area contributed by atoms with E-state index in [2.05, 4.69) is 27.3 Å². The van der Waals surface area contributed by atoms with Gasteiger partial charge in [0.15, 0.2) is 0 Å². The Kier molecular flexibility index (Phi) is 11.5. The topological polar surface area (TPSA) is 116 Å². The minimum atomic E-state index is -1.000. The summed E-state index contributed by atoms with van der Waals surface area (Å²) < 4.78 is 35.4. The smallest absolute Gasteiger partial charge is 0.407 e. The summed E-state index contributed by atoms with van der Waals surface area (Å²) in [4.78, 5) is 21.1. The molecule has 0 radical (unpaired) electrons. The summed E-state index contributed by atoms with van der Waals surface area (Å²) in [5.74, 6) is -0.509. The second kappa shape index (κ2) is 15.6. The van der Waals surface area contributed by atoms with Gasteiger partial charge in [0.05, 0.1) is 30.0 Å². The predicted molar refractivity (Wildman–Crippen MR) is 196 cm³/mol. The van der Waals surface area contributed by atoms with Crippen LogP contribution in [0.25, 0.3) is 0 Å². The fourth-order valence-electron chi connectivity index (χ4n) is 9.77. The van der Waals surface area contributed by atoms with Gasteiger partial charge in [0.1, 0.15) is 17.2 Å². The number of aliphatic hydroxyl groups is 2. The number of carbonyl (C=O) groups excluding carboxylic acids is 1. The number of amides is 1. The minimum absolute atomic E-state index is 0.0523. The first kappa shape index (κ1) is 38.4. The summed E-state index contributed by atoms with van der Waals surface area (Å²) in [5.41, 5.74) is 0.262. The number of rotatable bonds is 11. The van der Waals surface area contributed by atoms with Crippen LogP contribution in [-0.4, -0.2) is 122 Å². The van der Waals surface area contributed by atoms with Gasteiger partial charge in [-0.3, -0.25) is 0 Å². The molecule has 3 saturated heterocycles. The lowest BCUT2D eigenvalue weighted by atomic mass is 9.58. The lowest BCUT2D eigenvalue weighted by Crippen LogP contribution is -2.67. The van der Waals surface area contributed by atoms with Gasteiger partial charge in [0.2, 0.25) is 0 Å². The summed E-state index contributed by atoms with van der Waals surface area (Å²) in [5, 5.41) is 35.1. The molecule has 4 aliphatic rings. The van der Waals surface area contributed by atoms with Crippen molar-refractivity contribution in [2.24, 2.45) is 11.8 Å². The summed E-state index contributed by atoms with van der Waals surface area (Å²) in [6.45, 7) is 7.14. The molecule has 3 atom stereocenters. The van der Waals surface area contributed by atoms with Gasteiger partial charge >= 0.3 is 6.09 Å². The highest BCUT2D eigenvalue weighted by atomic mass is 19.1. The third-order valence-electron chi connectivity index (χ3n) is 12.4. The van der Waals surface area contributed by atoms with Gasteiger partial charge < -0.3 is 39.9 Å². The zero-order valence-electron chi connectivity index (χ0n) is 31.2. The molecule has 6 rings (SSSR count). The molecule has 4 fully saturated rings. The average Bonchev–Trinajstić information content (AvgIpc) is 3.55. The van der Waals surface area contributed by atoms with Crippen LogP contribution in [-0.2, 0) is 16.7 Å². The van der Waals surface area contributed by atoms with Crippen molar-refractivity contribution in [3.63, 3.8) is 0 Å². The fourth-order valence-corrected chi connectivity index (χ4v) is 9.77. The highest BCUT2D eigenvalue weighted by molar-refractivity contribution is 5.67. The lowest BCUT2D eigenvalue weighted by Gasteiger charge is -2.54. The summed E-state index contributed by atoms with van der Waals surface area (Å²) in [6, 6.07) is 12.0. The molecular formula is C40H56F2N6O4. The number of ether oxygens (including phenoxy) is 1. The number of benzene rings is 2. The van der Waals surface area contributed by atoms with Crippen molar-refractivity contribution in [1.82, 2.24) is 20.0 Å². The first-order valence-corrected chi connectivity index (χ1v) is 18.9. The normalized spacial score (nSPS) is 25.0. The van der Waals surface area contributed by atoms with Crippen molar-refractivity contribution in [2.45, 2.75) is 81.1 Å².